The number of methoxy groups -OCH3 is 1. The van der Waals surface area contributed by atoms with E-state index >= 15 is 0 Å². The zero-order chi connectivity index (χ0) is 24.2. The van der Waals surface area contributed by atoms with E-state index < -0.39 is 18.3 Å². The zero-order valence-corrected chi connectivity index (χ0v) is 21.6. The van der Waals surface area contributed by atoms with Crippen LogP contribution in [0.4, 0.5) is 0 Å². The maximum atomic E-state index is 9.93. The third kappa shape index (κ3) is 15.4. The molecular weight excluding hydrogens is 420 g/mol. The van der Waals surface area contributed by atoms with Crippen LogP contribution in [0.2, 0.25) is 0 Å². The summed E-state index contributed by atoms with van der Waals surface area (Å²) in [5, 5.41) is 29.0. The molecule has 1 fully saturated rings. The van der Waals surface area contributed by atoms with Gasteiger partial charge >= 0.3 is 0 Å². The maximum Gasteiger partial charge on any atom is 0.109 e. The Labute approximate surface area is 203 Å². The molecule has 0 spiro atoms. The Balaban J connectivity index is 1.91. The first-order valence-corrected chi connectivity index (χ1v) is 13.8. The number of hydrogen-bond acceptors (Lipinski definition) is 6. The summed E-state index contributed by atoms with van der Waals surface area (Å²) in [4.78, 5) is 0. The van der Waals surface area contributed by atoms with E-state index in [1.807, 2.05) is 0 Å². The van der Waals surface area contributed by atoms with Gasteiger partial charge in [-0.05, 0) is 19.3 Å². The standard InChI is InChI=1S/C27H54O6/c1-3-4-5-6-7-8-9-10-11-12-13-14-15-16-19-32-22-24(31-2)18-17-23-20-25(29)27(30)26(21-28)33-23/h23-30H,3-22H2,1-2H3/t23-,24-,25+,26+,27+/m0/s1. The minimum Gasteiger partial charge on any atom is -0.394 e. The van der Waals surface area contributed by atoms with E-state index in [4.69, 9.17) is 14.2 Å². The van der Waals surface area contributed by atoms with Crippen molar-refractivity contribution in [2.75, 3.05) is 26.9 Å². The number of ether oxygens (including phenoxy) is 3. The summed E-state index contributed by atoms with van der Waals surface area (Å²) in [5.41, 5.74) is 0. The molecule has 0 aromatic rings. The van der Waals surface area contributed by atoms with E-state index in [9.17, 15) is 15.3 Å². The van der Waals surface area contributed by atoms with Crippen molar-refractivity contribution in [1.29, 1.82) is 0 Å². The van der Waals surface area contributed by atoms with Crippen LogP contribution >= 0.6 is 0 Å². The molecule has 0 unspecified atom stereocenters. The van der Waals surface area contributed by atoms with Crippen molar-refractivity contribution in [3.8, 4) is 0 Å². The summed E-state index contributed by atoms with van der Waals surface area (Å²) < 4.78 is 17.0. The Bertz CT molecular complexity index is 421. The van der Waals surface area contributed by atoms with Gasteiger partial charge < -0.3 is 29.5 Å². The largest absolute Gasteiger partial charge is 0.394 e. The monoisotopic (exact) mass is 474 g/mol. The van der Waals surface area contributed by atoms with Crippen molar-refractivity contribution >= 4 is 0 Å². The molecule has 0 amide bonds. The van der Waals surface area contributed by atoms with Crippen molar-refractivity contribution in [2.45, 2.75) is 147 Å². The first-order chi connectivity index (χ1) is 16.1. The van der Waals surface area contributed by atoms with Crippen LogP contribution in [0, 0.1) is 0 Å². The molecule has 0 aromatic carbocycles. The van der Waals surface area contributed by atoms with Crippen LogP contribution in [-0.2, 0) is 14.2 Å². The lowest BCUT2D eigenvalue weighted by Crippen LogP contribution is -2.50. The molecule has 0 aromatic heterocycles. The quantitative estimate of drug-likeness (QED) is 0.188. The van der Waals surface area contributed by atoms with Gasteiger partial charge in [0.05, 0.1) is 31.5 Å². The lowest BCUT2D eigenvalue weighted by molar-refractivity contribution is -0.182. The Morgan fingerprint density at radius 2 is 1.39 bits per heavy atom. The predicted octanol–water partition coefficient (Wildman–Crippen LogP) is 5.15. The summed E-state index contributed by atoms with van der Waals surface area (Å²) in [6.07, 6.45) is 18.1. The first kappa shape index (κ1) is 30.8. The first-order valence-electron chi connectivity index (χ1n) is 13.8. The maximum absolute atomic E-state index is 9.93. The fraction of sp³-hybridized carbons (Fsp3) is 1.00. The fourth-order valence-electron chi connectivity index (χ4n) is 4.63. The second-order valence-corrected chi connectivity index (χ2v) is 9.88. The van der Waals surface area contributed by atoms with Gasteiger partial charge in [-0.15, -0.1) is 0 Å². The van der Waals surface area contributed by atoms with E-state index in [-0.39, 0.29) is 18.8 Å². The molecule has 3 N–H and O–H groups in total. The van der Waals surface area contributed by atoms with Crippen LogP contribution in [0.3, 0.4) is 0 Å². The highest BCUT2D eigenvalue weighted by atomic mass is 16.5. The van der Waals surface area contributed by atoms with Gasteiger partial charge in [0.2, 0.25) is 0 Å². The van der Waals surface area contributed by atoms with Gasteiger partial charge in [0.1, 0.15) is 12.2 Å². The summed E-state index contributed by atoms with van der Waals surface area (Å²) in [6.45, 7) is 3.33. The number of hydrogen-bond donors (Lipinski definition) is 3. The number of rotatable bonds is 22. The van der Waals surface area contributed by atoms with Gasteiger partial charge in [-0.2, -0.15) is 0 Å². The van der Waals surface area contributed by atoms with Gasteiger partial charge in [-0.1, -0.05) is 90.4 Å². The van der Waals surface area contributed by atoms with Gasteiger partial charge in [0, 0.05) is 20.1 Å². The molecule has 1 heterocycles. The third-order valence-electron chi connectivity index (χ3n) is 6.92. The molecule has 1 rings (SSSR count). The minimum absolute atomic E-state index is 0.00295. The van der Waals surface area contributed by atoms with Gasteiger partial charge in [-0.25, -0.2) is 0 Å². The van der Waals surface area contributed by atoms with Gasteiger partial charge in [0.15, 0.2) is 0 Å². The second-order valence-electron chi connectivity index (χ2n) is 9.88. The van der Waals surface area contributed by atoms with Crippen LogP contribution < -0.4 is 0 Å². The normalized spacial score (nSPS) is 24.3. The molecule has 1 aliphatic rings. The lowest BCUT2D eigenvalue weighted by Gasteiger charge is -2.36. The molecule has 6 heteroatoms. The molecule has 33 heavy (non-hydrogen) atoms. The molecule has 1 saturated heterocycles. The van der Waals surface area contributed by atoms with Crippen molar-refractivity contribution in [1.82, 2.24) is 0 Å². The summed E-state index contributed by atoms with van der Waals surface area (Å²) in [6, 6.07) is 0. The van der Waals surface area contributed by atoms with Crippen LogP contribution in [0.25, 0.3) is 0 Å². The summed E-state index contributed by atoms with van der Waals surface area (Å²) in [7, 11) is 1.69. The fourth-order valence-corrected chi connectivity index (χ4v) is 4.63. The molecule has 0 radical (unpaired) electrons. The molecule has 0 aliphatic carbocycles. The topological polar surface area (TPSA) is 88.4 Å². The SMILES string of the molecule is CCCCCCCCCCCCCCCCOC[C@H](CC[C@H]1C[C@@H](O)[C@@H](O)[C@@H](CO)O1)OC. The molecule has 198 valence electrons. The van der Waals surface area contributed by atoms with Crippen molar-refractivity contribution in [3.63, 3.8) is 0 Å². The number of aliphatic hydroxyl groups excluding tert-OH is 3. The molecule has 6 nitrogen and oxygen atoms in total. The van der Waals surface area contributed by atoms with Crippen molar-refractivity contribution in [2.24, 2.45) is 0 Å². The van der Waals surface area contributed by atoms with Crippen LogP contribution in [0.5, 0.6) is 0 Å². The molecule has 1 aliphatic heterocycles. The smallest absolute Gasteiger partial charge is 0.109 e. The Hall–Kier alpha value is -0.240. The zero-order valence-electron chi connectivity index (χ0n) is 21.6. The highest BCUT2D eigenvalue weighted by Gasteiger charge is 2.36. The number of aliphatic hydroxyl groups is 3. The summed E-state index contributed by atoms with van der Waals surface area (Å²) >= 11 is 0. The van der Waals surface area contributed by atoms with E-state index in [0.29, 0.717) is 19.4 Å². The molecule has 5 atom stereocenters. The van der Waals surface area contributed by atoms with E-state index in [1.54, 1.807) is 7.11 Å². The molecule has 0 saturated carbocycles. The van der Waals surface area contributed by atoms with Crippen molar-refractivity contribution in [3.05, 3.63) is 0 Å². The predicted molar refractivity (Wildman–Crippen MR) is 134 cm³/mol. The van der Waals surface area contributed by atoms with Crippen molar-refractivity contribution < 1.29 is 29.5 Å². The molecular formula is C27H54O6. The third-order valence-corrected chi connectivity index (χ3v) is 6.92. The second kappa shape index (κ2) is 21.1. The van der Waals surface area contributed by atoms with Gasteiger partial charge in [0.25, 0.3) is 0 Å². The Morgan fingerprint density at radius 3 is 1.91 bits per heavy atom. The number of unbranched alkanes of at least 4 members (excludes halogenated alkanes) is 13. The average Bonchev–Trinajstić information content (AvgIpc) is 2.82. The van der Waals surface area contributed by atoms with E-state index in [1.165, 1.54) is 83.5 Å². The van der Waals surface area contributed by atoms with Gasteiger partial charge in [-0.3, -0.25) is 0 Å². The van der Waals surface area contributed by atoms with Crippen LogP contribution in [0.15, 0.2) is 0 Å². The Morgan fingerprint density at radius 1 is 0.848 bits per heavy atom. The summed E-state index contributed by atoms with van der Waals surface area (Å²) in [5.74, 6) is 0. The van der Waals surface area contributed by atoms with E-state index in [0.717, 1.165) is 19.4 Å². The van der Waals surface area contributed by atoms with Crippen LogP contribution in [0.1, 0.15) is 116 Å². The van der Waals surface area contributed by atoms with Crippen LogP contribution in [-0.4, -0.2) is 72.8 Å². The highest BCUT2D eigenvalue weighted by molar-refractivity contribution is 4.85. The van der Waals surface area contributed by atoms with E-state index in [2.05, 4.69) is 6.92 Å². The highest BCUT2D eigenvalue weighted by Crippen LogP contribution is 2.24. The average molecular weight is 475 g/mol. The Kier molecular flexibility index (Phi) is 19.7. The minimum atomic E-state index is -1.02. The molecule has 0 bridgehead atoms. The lowest BCUT2D eigenvalue weighted by atomic mass is 9.95.